The third-order valence-electron chi connectivity index (χ3n) is 5.77. The minimum atomic E-state index is -0.241. The van der Waals surface area contributed by atoms with Crippen molar-refractivity contribution >= 4 is 39.7 Å². The maximum absolute atomic E-state index is 14.4. The number of aromatic nitrogens is 4. The van der Waals surface area contributed by atoms with Gasteiger partial charge in [0.25, 0.3) is 0 Å². The van der Waals surface area contributed by atoms with Gasteiger partial charge in [-0.3, -0.25) is 4.79 Å². The number of halogens is 1. The minimum absolute atomic E-state index is 0.0894. The van der Waals surface area contributed by atoms with E-state index in [4.69, 9.17) is 4.98 Å². The molecule has 178 valence electrons. The van der Waals surface area contributed by atoms with E-state index in [1.807, 2.05) is 29.7 Å². The number of benzene rings is 2. The molecule has 0 radical (unpaired) electrons. The summed E-state index contributed by atoms with van der Waals surface area (Å²) in [5.41, 5.74) is 4.07. The van der Waals surface area contributed by atoms with Crippen LogP contribution < -0.4 is 5.32 Å². The first-order valence-corrected chi connectivity index (χ1v) is 12.8. The Hall–Kier alpha value is -3.00. The molecule has 8 heteroatoms. The van der Waals surface area contributed by atoms with Crippen LogP contribution in [0.1, 0.15) is 50.2 Å². The maximum atomic E-state index is 14.4. The summed E-state index contributed by atoms with van der Waals surface area (Å²) in [4.78, 5) is 16.8. The molecule has 0 aliphatic heterocycles. The van der Waals surface area contributed by atoms with Crippen molar-refractivity contribution in [1.82, 2.24) is 25.1 Å². The highest BCUT2D eigenvalue weighted by Crippen LogP contribution is 2.29. The smallest absolute Gasteiger partial charge is 0.220 e. The second-order valence-electron chi connectivity index (χ2n) is 8.47. The van der Waals surface area contributed by atoms with Crippen LogP contribution in [0.2, 0.25) is 0 Å². The van der Waals surface area contributed by atoms with Crippen LogP contribution in [-0.4, -0.2) is 38.0 Å². The number of amides is 1. The van der Waals surface area contributed by atoms with Crippen LogP contribution in [-0.2, 0) is 11.3 Å². The molecule has 0 unspecified atom stereocenters. The molecule has 0 atom stereocenters. The van der Waals surface area contributed by atoms with E-state index in [1.165, 1.54) is 17.8 Å². The zero-order valence-electron chi connectivity index (χ0n) is 19.7. The average Bonchev–Trinajstić information content (AvgIpc) is 3.13. The van der Waals surface area contributed by atoms with E-state index >= 15 is 0 Å². The van der Waals surface area contributed by atoms with Crippen molar-refractivity contribution in [3.63, 3.8) is 0 Å². The number of thioether (sulfide) groups is 1. The molecule has 2 aromatic carbocycles. The molecule has 0 bridgehead atoms. The van der Waals surface area contributed by atoms with Crippen LogP contribution in [0.15, 0.2) is 47.6 Å². The molecule has 0 saturated carbocycles. The van der Waals surface area contributed by atoms with Gasteiger partial charge in [0.2, 0.25) is 11.1 Å². The highest BCUT2D eigenvalue weighted by Gasteiger charge is 2.17. The Morgan fingerprint density at radius 3 is 2.79 bits per heavy atom. The van der Waals surface area contributed by atoms with Crippen molar-refractivity contribution in [3.05, 3.63) is 59.4 Å². The molecule has 4 aromatic rings. The van der Waals surface area contributed by atoms with E-state index in [0.29, 0.717) is 34.8 Å². The van der Waals surface area contributed by atoms with Gasteiger partial charge in [-0.1, -0.05) is 61.4 Å². The zero-order valence-corrected chi connectivity index (χ0v) is 20.5. The van der Waals surface area contributed by atoms with Crippen LogP contribution >= 0.6 is 11.8 Å². The lowest BCUT2D eigenvalue weighted by molar-refractivity contribution is -0.121. The number of fused-ring (bicyclic) bond motifs is 3. The van der Waals surface area contributed by atoms with Gasteiger partial charge in [-0.15, -0.1) is 10.2 Å². The second kappa shape index (κ2) is 11.4. The summed E-state index contributed by atoms with van der Waals surface area (Å²) in [5, 5.41) is 13.3. The fraction of sp³-hybridized carbons (Fsp3) is 0.385. The molecule has 4 rings (SSSR count). The van der Waals surface area contributed by atoms with E-state index in [-0.39, 0.29) is 11.7 Å². The molecule has 1 amide bonds. The number of unbranched alkanes of at least 4 members (excludes halogenated alkanes) is 2. The number of carbonyl (C=O) groups is 1. The molecule has 2 aromatic heterocycles. The second-order valence-corrected chi connectivity index (χ2v) is 9.54. The van der Waals surface area contributed by atoms with Crippen molar-refractivity contribution < 1.29 is 9.18 Å². The first-order valence-electron chi connectivity index (χ1n) is 11.8. The molecule has 6 nitrogen and oxygen atoms in total. The fourth-order valence-corrected chi connectivity index (χ4v) is 4.68. The first-order chi connectivity index (χ1) is 16.6. The average molecular weight is 480 g/mol. The molecule has 0 spiro atoms. The highest BCUT2D eigenvalue weighted by atomic mass is 32.2. The molecule has 0 saturated heterocycles. The predicted octanol–water partition coefficient (Wildman–Crippen LogP) is 5.65. The van der Waals surface area contributed by atoms with Crippen LogP contribution in [0.25, 0.3) is 22.1 Å². The van der Waals surface area contributed by atoms with Crippen LogP contribution in [0.4, 0.5) is 4.39 Å². The normalized spacial score (nSPS) is 11.4. The van der Waals surface area contributed by atoms with E-state index in [1.54, 1.807) is 12.1 Å². The van der Waals surface area contributed by atoms with Crippen molar-refractivity contribution in [3.8, 4) is 0 Å². The number of rotatable bonds is 11. The van der Waals surface area contributed by atoms with Gasteiger partial charge in [0.05, 0.1) is 12.1 Å². The van der Waals surface area contributed by atoms with Gasteiger partial charge in [0.1, 0.15) is 11.3 Å². The molecule has 34 heavy (non-hydrogen) atoms. The predicted molar refractivity (Wildman–Crippen MR) is 136 cm³/mol. The molecular weight excluding hydrogens is 449 g/mol. The molecule has 1 N–H and O–H groups in total. The van der Waals surface area contributed by atoms with Crippen molar-refractivity contribution in [2.75, 3.05) is 12.3 Å². The number of hydrogen-bond acceptors (Lipinski definition) is 5. The van der Waals surface area contributed by atoms with Crippen molar-refractivity contribution in [1.29, 1.82) is 0 Å². The SMILES string of the molecule is CCCCCNC(=O)CCCSc1nnc2c3cc(C)ccc3n(Cc3ccccc3F)c2n1. The third kappa shape index (κ3) is 5.73. The van der Waals surface area contributed by atoms with Gasteiger partial charge in [0, 0.05) is 29.7 Å². The largest absolute Gasteiger partial charge is 0.356 e. The number of aryl methyl sites for hydroxylation is 1. The molecule has 0 aliphatic rings. The van der Waals surface area contributed by atoms with Gasteiger partial charge in [-0.25, -0.2) is 9.37 Å². The number of nitrogens with one attached hydrogen (secondary N) is 1. The quantitative estimate of drug-likeness (QED) is 0.222. The summed E-state index contributed by atoms with van der Waals surface area (Å²) in [6, 6.07) is 12.9. The summed E-state index contributed by atoms with van der Waals surface area (Å²) in [5.74, 6) is 0.572. The lowest BCUT2D eigenvalue weighted by Crippen LogP contribution is -2.24. The Kier molecular flexibility index (Phi) is 8.11. The van der Waals surface area contributed by atoms with E-state index in [0.717, 1.165) is 54.4 Å². The maximum Gasteiger partial charge on any atom is 0.220 e. The van der Waals surface area contributed by atoms with Crippen LogP contribution in [0.5, 0.6) is 0 Å². The number of carbonyl (C=O) groups excluding carboxylic acids is 1. The summed E-state index contributed by atoms with van der Waals surface area (Å²) >= 11 is 1.49. The van der Waals surface area contributed by atoms with Crippen molar-refractivity contribution in [2.45, 2.75) is 57.7 Å². The Labute approximate surface area is 203 Å². The fourth-order valence-electron chi connectivity index (χ4n) is 3.96. The van der Waals surface area contributed by atoms with Crippen LogP contribution in [0.3, 0.4) is 0 Å². The summed E-state index contributed by atoms with van der Waals surface area (Å²) in [6.07, 6.45) is 4.53. The molecule has 0 fully saturated rings. The van der Waals surface area contributed by atoms with Gasteiger partial charge < -0.3 is 9.88 Å². The van der Waals surface area contributed by atoms with E-state index in [2.05, 4.69) is 28.5 Å². The summed E-state index contributed by atoms with van der Waals surface area (Å²) < 4.78 is 16.4. The number of hydrogen-bond donors (Lipinski definition) is 1. The summed E-state index contributed by atoms with van der Waals surface area (Å²) in [7, 11) is 0. The third-order valence-corrected chi connectivity index (χ3v) is 6.69. The minimum Gasteiger partial charge on any atom is -0.356 e. The lowest BCUT2D eigenvalue weighted by Gasteiger charge is -2.08. The van der Waals surface area contributed by atoms with Crippen molar-refractivity contribution in [2.24, 2.45) is 0 Å². The lowest BCUT2D eigenvalue weighted by atomic mass is 10.1. The Balaban J connectivity index is 1.50. The Morgan fingerprint density at radius 2 is 1.97 bits per heavy atom. The van der Waals surface area contributed by atoms with Gasteiger partial charge in [0.15, 0.2) is 5.65 Å². The first kappa shape index (κ1) is 24.1. The van der Waals surface area contributed by atoms with E-state index in [9.17, 15) is 9.18 Å². The van der Waals surface area contributed by atoms with Gasteiger partial charge in [-0.05, 0) is 38.0 Å². The molecule has 2 heterocycles. The molecular formula is C26H30FN5OS. The van der Waals surface area contributed by atoms with E-state index < -0.39 is 0 Å². The standard InChI is InChI=1S/C26H30FN5OS/c1-3-4-7-14-28-23(33)11-8-15-34-26-29-25-24(30-31-26)20-16-18(2)12-13-22(20)32(25)17-19-9-5-6-10-21(19)27/h5-6,9-10,12-13,16H,3-4,7-8,11,14-15,17H2,1-2H3,(H,28,33). The highest BCUT2D eigenvalue weighted by molar-refractivity contribution is 7.99. The Morgan fingerprint density at radius 1 is 1.12 bits per heavy atom. The Bertz CT molecular complexity index is 1290. The topological polar surface area (TPSA) is 72.7 Å². The zero-order chi connectivity index (χ0) is 23.9. The van der Waals surface area contributed by atoms with Gasteiger partial charge >= 0.3 is 0 Å². The van der Waals surface area contributed by atoms with Crippen LogP contribution in [0, 0.1) is 12.7 Å². The molecule has 0 aliphatic carbocycles. The van der Waals surface area contributed by atoms with Gasteiger partial charge in [-0.2, -0.15) is 0 Å². The monoisotopic (exact) mass is 479 g/mol. The number of nitrogens with zero attached hydrogens (tertiary/aromatic N) is 4. The summed E-state index contributed by atoms with van der Waals surface area (Å²) in [6.45, 7) is 5.28.